The van der Waals surface area contributed by atoms with Crippen LogP contribution in [-0.4, -0.2) is 41.8 Å². The van der Waals surface area contributed by atoms with Crippen LogP contribution in [0.4, 0.5) is 13.2 Å². The molecule has 0 amide bonds. The summed E-state index contributed by atoms with van der Waals surface area (Å²) >= 11 is 0. The third kappa shape index (κ3) is 5.48. The Labute approximate surface area is 125 Å². The molecule has 0 aliphatic carbocycles. The Balaban J connectivity index is 2.66. The first kappa shape index (κ1) is 18.2. The molecule has 1 fully saturated rings. The van der Waals surface area contributed by atoms with E-state index in [1.165, 1.54) is 0 Å². The standard InChI is InChI=1S/C15H26F3N3/c1-11(2)20-14(4,10-19)8-12(3)21-7-5-6-13(9-21)15(16,17)18/h11-13,20H,5-9H2,1-4H3. The van der Waals surface area contributed by atoms with Gasteiger partial charge in [0.15, 0.2) is 0 Å². The molecule has 6 heteroatoms. The summed E-state index contributed by atoms with van der Waals surface area (Å²) in [5, 5.41) is 12.6. The van der Waals surface area contributed by atoms with Crippen molar-refractivity contribution < 1.29 is 13.2 Å². The van der Waals surface area contributed by atoms with Gasteiger partial charge in [-0.1, -0.05) is 0 Å². The summed E-state index contributed by atoms with van der Waals surface area (Å²) in [5.41, 5.74) is -0.710. The molecule has 0 spiro atoms. The molecule has 1 N–H and O–H groups in total. The van der Waals surface area contributed by atoms with Gasteiger partial charge in [0.2, 0.25) is 0 Å². The van der Waals surface area contributed by atoms with Crippen LogP contribution in [0.25, 0.3) is 0 Å². The number of hydrogen-bond donors (Lipinski definition) is 1. The van der Waals surface area contributed by atoms with Gasteiger partial charge in [-0.3, -0.25) is 10.2 Å². The van der Waals surface area contributed by atoms with Crippen molar-refractivity contribution in [1.29, 1.82) is 5.26 Å². The Morgan fingerprint density at radius 3 is 2.43 bits per heavy atom. The van der Waals surface area contributed by atoms with Crippen molar-refractivity contribution in [2.45, 2.75) is 70.8 Å². The molecular formula is C15H26F3N3. The molecule has 1 saturated heterocycles. The molecule has 122 valence electrons. The van der Waals surface area contributed by atoms with Gasteiger partial charge in [0, 0.05) is 18.6 Å². The van der Waals surface area contributed by atoms with Crippen molar-refractivity contribution in [3.8, 4) is 6.07 Å². The molecule has 1 heterocycles. The van der Waals surface area contributed by atoms with Gasteiger partial charge >= 0.3 is 6.18 Å². The fourth-order valence-corrected chi connectivity index (χ4v) is 3.17. The summed E-state index contributed by atoms with van der Waals surface area (Å²) in [7, 11) is 0. The average Bonchev–Trinajstić information content (AvgIpc) is 2.37. The van der Waals surface area contributed by atoms with Gasteiger partial charge in [-0.2, -0.15) is 18.4 Å². The van der Waals surface area contributed by atoms with E-state index < -0.39 is 17.6 Å². The van der Waals surface area contributed by atoms with E-state index in [9.17, 15) is 18.4 Å². The maximum absolute atomic E-state index is 12.9. The highest BCUT2D eigenvalue weighted by Crippen LogP contribution is 2.34. The maximum atomic E-state index is 12.9. The van der Waals surface area contributed by atoms with Crippen LogP contribution in [0.1, 0.15) is 47.0 Å². The number of alkyl halides is 3. The highest BCUT2D eigenvalue weighted by atomic mass is 19.4. The predicted molar refractivity (Wildman–Crippen MR) is 76.7 cm³/mol. The zero-order valence-electron chi connectivity index (χ0n) is 13.3. The highest BCUT2D eigenvalue weighted by Gasteiger charge is 2.43. The lowest BCUT2D eigenvalue weighted by molar-refractivity contribution is -0.188. The third-order valence-electron chi connectivity index (χ3n) is 4.10. The molecule has 0 aromatic carbocycles. The first-order valence-electron chi connectivity index (χ1n) is 7.57. The van der Waals surface area contributed by atoms with Gasteiger partial charge in [0.05, 0.1) is 12.0 Å². The van der Waals surface area contributed by atoms with E-state index in [1.54, 1.807) is 0 Å². The summed E-state index contributed by atoms with van der Waals surface area (Å²) in [6, 6.07) is 2.37. The third-order valence-corrected chi connectivity index (χ3v) is 4.10. The van der Waals surface area contributed by atoms with Crippen molar-refractivity contribution in [2.75, 3.05) is 13.1 Å². The Morgan fingerprint density at radius 2 is 1.95 bits per heavy atom. The molecule has 1 aliphatic heterocycles. The second kappa shape index (κ2) is 6.97. The minimum Gasteiger partial charge on any atom is -0.300 e. The van der Waals surface area contributed by atoms with Crippen LogP contribution in [0.15, 0.2) is 0 Å². The van der Waals surface area contributed by atoms with Crippen molar-refractivity contribution in [2.24, 2.45) is 5.92 Å². The predicted octanol–water partition coefficient (Wildman–Crippen LogP) is 3.32. The van der Waals surface area contributed by atoms with Gasteiger partial charge in [0.1, 0.15) is 5.54 Å². The number of nitriles is 1. The van der Waals surface area contributed by atoms with Crippen molar-refractivity contribution in [3.05, 3.63) is 0 Å². The first-order valence-corrected chi connectivity index (χ1v) is 7.57. The normalized spacial score (nSPS) is 25.4. The molecule has 0 saturated carbocycles. The van der Waals surface area contributed by atoms with Crippen LogP contribution in [-0.2, 0) is 0 Å². The number of nitrogens with zero attached hydrogens (tertiary/aromatic N) is 2. The Morgan fingerprint density at radius 1 is 1.33 bits per heavy atom. The molecule has 1 aliphatic rings. The molecule has 3 unspecified atom stereocenters. The maximum Gasteiger partial charge on any atom is 0.393 e. The fourth-order valence-electron chi connectivity index (χ4n) is 3.17. The Bertz CT molecular complexity index is 375. The quantitative estimate of drug-likeness (QED) is 0.847. The van der Waals surface area contributed by atoms with Crippen LogP contribution >= 0.6 is 0 Å². The highest BCUT2D eigenvalue weighted by molar-refractivity contribution is 5.06. The smallest absolute Gasteiger partial charge is 0.300 e. The molecule has 3 atom stereocenters. The van der Waals surface area contributed by atoms with Crippen molar-refractivity contribution in [3.63, 3.8) is 0 Å². The van der Waals surface area contributed by atoms with E-state index in [4.69, 9.17) is 0 Å². The lowest BCUT2D eigenvalue weighted by Gasteiger charge is -2.40. The summed E-state index contributed by atoms with van der Waals surface area (Å²) in [6.45, 7) is 8.37. The molecule has 0 radical (unpaired) electrons. The molecule has 0 aromatic rings. The molecule has 0 bridgehead atoms. The summed E-state index contributed by atoms with van der Waals surface area (Å²) in [6.07, 6.45) is -2.82. The minimum atomic E-state index is -4.12. The average molecular weight is 305 g/mol. The fraction of sp³-hybridized carbons (Fsp3) is 0.933. The van der Waals surface area contributed by atoms with Crippen LogP contribution in [0, 0.1) is 17.2 Å². The van der Waals surface area contributed by atoms with Crippen molar-refractivity contribution in [1.82, 2.24) is 10.2 Å². The second-order valence-corrected chi connectivity index (χ2v) is 6.67. The summed E-state index contributed by atoms with van der Waals surface area (Å²) in [5.74, 6) is -1.24. The molecule has 3 nitrogen and oxygen atoms in total. The lowest BCUT2D eigenvalue weighted by atomic mass is 9.90. The van der Waals surface area contributed by atoms with E-state index in [1.807, 2.05) is 32.6 Å². The molecule has 21 heavy (non-hydrogen) atoms. The summed E-state index contributed by atoms with van der Waals surface area (Å²) in [4.78, 5) is 1.87. The van der Waals surface area contributed by atoms with Crippen molar-refractivity contribution >= 4 is 0 Å². The number of rotatable bonds is 5. The Kier molecular flexibility index (Phi) is 6.06. The van der Waals surface area contributed by atoms with E-state index in [0.29, 0.717) is 19.4 Å². The first-order chi connectivity index (χ1) is 9.57. The van der Waals surface area contributed by atoms with Crippen LogP contribution in [0.2, 0.25) is 0 Å². The van der Waals surface area contributed by atoms with E-state index >= 15 is 0 Å². The van der Waals surface area contributed by atoms with Crippen LogP contribution in [0.3, 0.4) is 0 Å². The molecular weight excluding hydrogens is 279 g/mol. The Hall–Kier alpha value is -0.800. The SMILES string of the molecule is CC(C)NC(C)(C#N)CC(C)N1CCCC(C(F)(F)F)C1. The summed E-state index contributed by atoms with van der Waals surface area (Å²) < 4.78 is 38.6. The van der Waals surface area contributed by atoms with Gasteiger partial charge in [-0.05, 0) is 53.5 Å². The van der Waals surface area contributed by atoms with E-state index in [2.05, 4.69) is 11.4 Å². The van der Waals surface area contributed by atoms with Crippen LogP contribution in [0.5, 0.6) is 0 Å². The van der Waals surface area contributed by atoms with Crippen LogP contribution < -0.4 is 5.32 Å². The topological polar surface area (TPSA) is 39.1 Å². The zero-order valence-corrected chi connectivity index (χ0v) is 13.3. The van der Waals surface area contributed by atoms with Gasteiger partial charge in [-0.25, -0.2) is 0 Å². The lowest BCUT2D eigenvalue weighted by Crippen LogP contribution is -2.52. The monoisotopic (exact) mass is 305 g/mol. The minimum absolute atomic E-state index is 0.0495. The number of piperidine rings is 1. The van der Waals surface area contributed by atoms with Gasteiger partial charge < -0.3 is 0 Å². The number of nitrogens with one attached hydrogen (secondary N) is 1. The second-order valence-electron chi connectivity index (χ2n) is 6.67. The number of likely N-dealkylation sites (tertiary alicyclic amines) is 1. The number of halogens is 3. The van der Waals surface area contributed by atoms with E-state index in [-0.39, 0.29) is 25.0 Å². The van der Waals surface area contributed by atoms with Gasteiger partial charge in [0.25, 0.3) is 0 Å². The number of hydrogen-bond acceptors (Lipinski definition) is 3. The largest absolute Gasteiger partial charge is 0.393 e. The molecule has 0 aromatic heterocycles. The van der Waals surface area contributed by atoms with E-state index in [0.717, 1.165) is 0 Å². The van der Waals surface area contributed by atoms with Gasteiger partial charge in [-0.15, -0.1) is 0 Å². The zero-order chi connectivity index (χ0) is 16.3. The molecule has 1 rings (SSSR count).